The molecule has 4 rings (SSSR count). The third-order valence-corrected chi connectivity index (χ3v) is 9.25. The van der Waals surface area contributed by atoms with Gasteiger partial charge in [-0.1, -0.05) is 106 Å². The minimum absolute atomic E-state index is 0.0792. The van der Waals surface area contributed by atoms with Crippen molar-refractivity contribution in [3.63, 3.8) is 0 Å². The van der Waals surface area contributed by atoms with Crippen LogP contribution in [0.2, 0.25) is 0 Å². The number of benzene rings is 3. The molecule has 7 nitrogen and oxygen atoms in total. The fourth-order valence-corrected chi connectivity index (χ4v) is 6.52. The Bertz CT molecular complexity index is 1490. The van der Waals surface area contributed by atoms with Crippen LogP contribution in [0.15, 0.2) is 78.9 Å². The highest BCUT2D eigenvalue weighted by Crippen LogP contribution is 2.27. The second-order valence-electron chi connectivity index (χ2n) is 12.8. The Labute approximate surface area is 257 Å². The van der Waals surface area contributed by atoms with Gasteiger partial charge >= 0.3 is 0 Å². The third-order valence-electron chi connectivity index (χ3n) is 8.11. The summed E-state index contributed by atoms with van der Waals surface area (Å²) >= 11 is 0. The maximum Gasteiger partial charge on any atom is 0.244 e. The fourth-order valence-electron chi connectivity index (χ4n) is 5.67. The van der Waals surface area contributed by atoms with Gasteiger partial charge < -0.3 is 10.2 Å². The van der Waals surface area contributed by atoms with E-state index in [0.717, 1.165) is 58.5 Å². The minimum atomic E-state index is -3.81. The molecule has 1 atom stereocenters. The first-order chi connectivity index (χ1) is 20.3. The maximum atomic E-state index is 14.3. The van der Waals surface area contributed by atoms with Gasteiger partial charge in [0.05, 0.1) is 11.9 Å². The van der Waals surface area contributed by atoms with E-state index in [4.69, 9.17) is 0 Å². The molecule has 0 radical (unpaired) electrons. The van der Waals surface area contributed by atoms with Crippen molar-refractivity contribution in [1.82, 2.24) is 10.2 Å². The first-order valence-corrected chi connectivity index (χ1v) is 16.9. The molecule has 1 aliphatic rings. The molecule has 8 heteroatoms. The van der Waals surface area contributed by atoms with Gasteiger partial charge in [0.25, 0.3) is 0 Å². The quantitative estimate of drug-likeness (QED) is 0.302. The molecule has 3 aromatic rings. The molecular weight excluding hydrogens is 558 g/mol. The summed E-state index contributed by atoms with van der Waals surface area (Å²) in [6, 6.07) is 24.0. The van der Waals surface area contributed by atoms with E-state index >= 15 is 0 Å². The summed E-state index contributed by atoms with van der Waals surface area (Å²) in [4.78, 5) is 29.8. The minimum Gasteiger partial charge on any atom is -0.352 e. The van der Waals surface area contributed by atoms with Crippen LogP contribution >= 0.6 is 0 Å². The Morgan fingerprint density at radius 2 is 1.53 bits per heavy atom. The highest BCUT2D eigenvalue weighted by Gasteiger charge is 2.34. The number of anilines is 1. The van der Waals surface area contributed by atoms with Crippen LogP contribution in [0.5, 0.6) is 0 Å². The van der Waals surface area contributed by atoms with E-state index < -0.39 is 28.5 Å². The molecule has 0 heterocycles. The molecule has 0 bridgehead atoms. The molecule has 0 aliphatic heterocycles. The van der Waals surface area contributed by atoms with E-state index in [9.17, 15) is 18.0 Å². The number of amides is 2. The topological polar surface area (TPSA) is 86.8 Å². The molecule has 0 spiro atoms. The third kappa shape index (κ3) is 8.92. The normalized spacial score (nSPS) is 14.7. The molecule has 3 aromatic carbocycles. The summed E-state index contributed by atoms with van der Waals surface area (Å²) < 4.78 is 27.3. The van der Waals surface area contributed by atoms with Crippen LogP contribution in [0.25, 0.3) is 0 Å². The van der Waals surface area contributed by atoms with Gasteiger partial charge in [0, 0.05) is 19.0 Å². The average molecular weight is 604 g/mol. The monoisotopic (exact) mass is 603 g/mol. The van der Waals surface area contributed by atoms with Crippen molar-refractivity contribution in [3.05, 3.63) is 101 Å². The summed E-state index contributed by atoms with van der Waals surface area (Å²) in [7, 11) is -3.81. The van der Waals surface area contributed by atoms with Crippen molar-refractivity contribution in [2.75, 3.05) is 17.1 Å². The molecule has 0 aromatic heterocycles. The Morgan fingerprint density at radius 3 is 2.12 bits per heavy atom. The molecule has 1 fully saturated rings. The Hall–Kier alpha value is -3.65. The fraction of sp³-hybridized carbons (Fsp3) is 0.429. The number of aryl methyl sites for hydroxylation is 1. The zero-order chi connectivity index (χ0) is 31.2. The van der Waals surface area contributed by atoms with Gasteiger partial charge in [-0.15, -0.1) is 0 Å². The number of hydrogen-bond donors (Lipinski definition) is 1. The number of nitrogens with one attached hydrogen (secondary N) is 1. The van der Waals surface area contributed by atoms with Crippen molar-refractivity contribution in [3.8, 4) is 0 Å². The number of hydrogen-bond acceptors (Lipinski definition) is 4. The number of nitrogens with zero attached hydrogens (tertiary/aromatic N) is 2. The number of sulfonamides is 1. The SMILES string of the molecule is Cc1cccc(CN(C(=O)CN(c2ccc(C(C)(C)C)cc2)S(C)(=O)=O)[C@@H](Cc2ccccc2)C(=O)NC2CCCC2)c1. The van der Waals surface area contributed by atoms with Gasteiger partial charge in [0.15, 0.2) is 0 Å². The molecule has 43 heavy (non-hydrogen) atoms. The summed E-state index contributed by atoms with van der Waals surface area (Å²) in [6.45, 7) is 8.01. The predicted octanol–water partition coefficient (Wildman–Crippen LogP) is 5.76. The van der Waals surface area contributed by atoms with E-state index in [1.54, 1.807) is 17.0 Å². The number of carbonyl (C=O) groups excluding carboxylic acids is 2. The van der Waals surface area contributed by atoms with Crippen LogP contribution in [0.3, 0.4) is 0 Å². The zero-order valence-electron chi connectivity index (χ0n) is 26.0. The highest BCUT2D eigenvalue weighted by atomic mass is 32.2. The van der Waals surface area contributed by atoms with Crippen molar-refractivity contribution in [2.45, 2.75) is 83.8 Å². The molecule has 0 unspecified atom stereocenters. The van der Waals surface area contributed by atoms with E-state index in [-0.39, 0.29) is 23.9 Å². The zero-order valence-corrected chi connectivity index (χ0v) is 26.9. The Morgan fingerprint density at radius 1 is 0.907 bits per heavy atom. The summed E-state index contributed by atoms with van der Waals surface area (Å²) in [5.41, 5.74) is 4.20. The lowest BCUT2D eigenvalue weighted by molar-refractivity contribution is -0.140. The van der Waals surface area contributed by atoms with Crippen molar-refractivity contribution >= 4 is 27.5 Å². The first kappa shape index (κ1) is 32.3. The molecule has 1 aliphatic carbocycles. The molecule has 230 valence electrons. The van der Waals surface area contributed by atoms with Crippen LogP contribution in [0.1, 0.15) is 68.7 Å². The van der Waals surface area contributed by atoms with E-state index in [1.807, 2.05) is 73.7 Å². The standard InChI is InChI=1S/C35H45N3O4S/c1-26-12-11-15-28(22-26)24-37(32(23-27-13-7-6-8-14-27)34(40)36-30-16-9-10-17-30)33(39)25-38(43(5,41)42)31-20-18-29(19-21-31)35(2,3)4/h6-8,11-15,18-22,30,32H,9-10,16-17,23-25H2,1-5H3,(H,36,40)/t32-/m0/s1. The largest absolute Gasteiger partial charge is 0.352 e. The van der Waals surface area contributed by atoms with Crippen molar-refractivity contribution in [1.29, 1.82) is 0 Å². The smallest absolute Gasteiger partial charge is 0.244 e. The van der Waals surface area contributed by atoms with Crippen LogP contribution < -0.4 is 9.62 Å². The van der Waals surface area contributed by atoms with Crippen LogP contribution in [0, 0.1) is 6.92 Å². The van der Waals surface area contributed by atoms with Gasteiger partial charge in [-0.3, -0.25) is 13.9 Å². The number of carbonyl (C=O) groups is 2. The summed E-state index contributed by atoms with van der Waals surface area (Å²) in [5, 5.41) is 3.20. The van der Waals surface area contributed by atoms with Crippen LogP contribution in [0.4, 0.5) is 5.69 Å². The van der Waals surface area contributed by atoms with Crippen LogP contribution in [-0.2, 0) is 38.0 Å². The highest BCUT2D eigenvalue weighted by molar-refractivity contribution is 7.92. The second kappa shape index (κ2) is 13.8. The molecule has 2 amide bonds. The van der Waals surface area contributed by atoms with Gasteiger partial charge in [-0.2, -0.15) is 0 Å². The molecular formula is C35H45N3O4S. The van der Waals surface area contributed by atoms with Gasteiger partial charge in [0.1, 0.15) is 12.6 Å². The first-order valence-electron chi connectivity index (χ1n) is 15.1. The lowest BCUT2D eigenvalue weighted by atomic mass is 9.87. The van der Waals surface area contributed by atoms with Crippen molar-refractivity contribution in [2.24, 2.45) is 0 Å². The maximum absolute atomic E-state index is 14.3. The van der Waals surface area contributed by atoms with Gasteiger partial charge in [-0.05, 0) is 54.0 Å². The van der Waals surface area contributed by atoms with Crippen molar-refractivity contribution < 1.29 is 18.0 Å². The lowest BCUT2D eigenvalue weighted by Crippen LogP contribution is -2.54. The predicted molar refractivity (Wildman–Crippen MR) is 173 cm³/mol. The lowest BCUT2D eigenvalue weighted by Gasteiger charge is -2.34. The van der Waals surface area contributed by atoms with Gasteiger partial charge in [-0.25, -0.2) is 8.42 Å². The van der Waals surface area contributed by atoms with E-state index in [1.165, 1.54) is 0 Å². The van der Waals surface area contributed by atoms with E-state index in [2.05, 4.69) is 26.1 Å². The van der Waals surface area contributed by atoms with Gasteiger partial charge in [0.2, 0.25) is 21.8 Å². The van der Waals surface area contributed by atoms with Crippen LogP contribution in [-0.4, -0.2) is 50.0 Å². The molecule has 0 saturated heterocycles. The van der Waals surface area contributed by atoms with E-state index in [0.29, 0.717) is 12.1 Å². The summed E-state index contributed by atoms with van der Waals surface area (Å²) in [6.07, 6.45) is 5.40. The Balaban J connectivity index is 1.72. The number of rotatable bonds is 11. The Kier molecular flexibility index (Phi) is 10.3. The second-order valence-corrected chi connectivity index (χ2v) is 14.7. The molecule has 1 saturated carbocycles. The molecule has 1 N–H and O–H groups in total. The average Bonchev–Trinajstić information content (AvgIpc) is 3.46. The summed E-state index contributed by atoms with van der Waals surface area (Å²) in [5.74, 6) is -0.647.